The van der Waals surface area contributed by atoms with Gasteiger partial charge in [-0.25, -0.2) is 0 Å². The van der Waals surface area contributed by atoms with Crippen LogP contribution in [-0.4, -0.2) is 31.0 Å². The predicted octanol–water partition coefficient (Wildman–Crippen LogP) is 2.72. The second kappa shape index (κ2) is 6.05. The van der Waals surface area contributed by atoms with E-state index in [-0.39, 0.29) is 16.9 Å². The van der Waals surface area contributed by atoms with E-state index in [1.807, 2.05) is 0 Å². The molecule has 1 rings (SSSR count). The number of rotatable bonds is 7. The minimum absolute atomic E-state index is 0.0667. The maximum atomic E-state index is 11.8. The molecule has 17 heavy (non-hydrogen) atoms. The summed E-state index contributed by atoms with van der Waals surface area (Å²) in [6.45, 7) is 4.91. The first-order chi connectivity index (χ1) is 7.93. The standard InChI is InChI=1S/C13H24ClNO2/c1-12(2,7-8-14)10-15-11(16)9-13(17-3)5-4-6-13/h4-10H2,1-3H3,(H,15,16). The van der Waals surface area contributed by atoms with Crippen LogP contribution in [0.5, 0.6) is 0 Å². The molecule has 0 aliphatic heterocycles. The van der Waals surface area contributed by atoms with Crippen LogP contribution >= 0.6 is 11.6 Å². The molecule has 1 aliphatic rings. The van der Waals surface area contributed by atoms with Gasteiger partial charge in [0.25, 0.3) is 0 Å². The summed E-state index contributed by atoms with van der Waals surface area (Å²) in [4.78, 5) is 11.8. The van der Waals surface area contributed by atoms with E-state index in [9.17, 15) is 4.79 Å². The highest BCUT2D eigenvalue weighted by molar-refractivity contribution is 6.17. The minimum Gasteiger partial charge on any atom is -0.378 e. The number of methoxy groups -OCH3 is 1. The van der Waals surface area contributed by atoms with Crippen LogP contribution in [-0.2, 0) is 9.53 Å². The largest absolute Gasteiger partial charge is 0.378 e. The zero-order chi connectivity index (χ0) is 12.9. The molecule has 0 radical (unpaired) electrons. The van der Waals surface area contributed by atoms with Crippen molar-refractivity contribution in [1.82, 2.24) is 5.32 Å². The first-order valence-corrected chi connectivity index (χ1v) is 6.84. The Morgan fingerprint density at radius 2 is 2.12 bits per heavy atom. The van der Waals surface area contributed by atoms with Crippen molar-refractivity contribution in [2.45, 2.75) is 51.6 Å². The molecule has 0 heterocycles. The van der Waals surface area contributed by atoms with E-state index in [4.69, 9.17) is 16.3 Å². The van der Waals surface area contributed by atoms with E-state index in [1.165, 1.54) is 6.42 Å². The fourth-order valence-electron chi connectivity index (χ4n) is 2.06. The zero-order valence-corrected chi connectivity index (χ0v) is 11.9. The molecule has 1 amide bonds. The molecule has 0 aromatic carbocycles. The molecule has 1 fully saturated rings. The Morgan fingerprint density at radius 3 is 2.53 bits per heavy atom. The second-order valence-electron chi connectivity index (χ2n) is 5.80. The summed E-state index contributed by atoms with van der Waals surface area (Å²) in [5, 5.41) is 2.99. The Kier molecular flexibility index (Phi) is 5.26. The Hall–Kier alpha value is -0.280. The SMILES string of the molecule is COC1(CC(=O)NCC(C)(C)CCCl)CCC1. The fourth-order valence-corrected chi connectivity index (χ4v) is 2.57. The fraction of sp³-hybridized carbons (Fsp3) is 0.923. The van der Waals surface area contributed by atoms with Crippen molar-refractivity contribution >= 4 is 17.5 Å². The summed E-state index contributed by atoms with van der Waals surface area (Å²) in [6.07, 6.45) is 4.56. The number of amides is 1. The number of carbonyl (C=O) groups excluding carboxylic acids is 1. The van der Waals surface area contributed by atoms with Crippen molar-refractivity contribution < 1.29 is 9.53 Å². The van der Waals surface area contributed by atoms with Crippen molar-refractivity contribution in [3.63, 3.8) is 0 Å². The Labute approximate surface area is 109 Å². The van der Waals surface area contributed by atoms with Gasteiger partial charge in [-0.1, -0.05) is 13.8 Å². The van der Waals surface area contributed by atoms with E-state index in [0.717, 1.165) is 19.3 Å². The van der Waals surface area contributed by atoms with Gasteiger partial charge in [0.05, 0.1) is 12.0 Å². The summed E-state index contributed by atoms with van der Waals surface area (Å²) >= 11 is 5.73. The molecule has 0 bridgehead atoms. The van der Waals surface area contributed by atoms with Gasteiger partial charge in [-0.3, -0.25) is 4.79 Å². The smallest absolute Gasteiger partial charge is 0.222 e. The molecule has 0 aromatic heterocycles. The Balaban J connectivity index is 2.30. The molecule has 0 spiro atoms. The van der Waals surface area contributed by atoms with Crippen LogP contribution in [0.15, 0.2) is 0 Å². The third kappa shape index (κ3) is 4.47. The number of ether oxygens (including phenoxy) is 1. The average molecular weight is 262 g/mol. The highest BCUT2D eigenvalue weighted by Gasteiger charge is 2.39. The lowest BCUT2D eigenvalue weighted by atomic mass is 9.77. The third-order valence-electron chi connectivity index (χ3n) is 3.72. The van der Waals surface area contributed by atoms with Crippen LogP contribution in [0, 0.1) is 5.41 Å². The van der Waals surface area contributed by atoms with E-state index in [0.29, 0.717) is 18.8 Å². The highest BCUT2D eigenvalue weighted by Crippen LogP contribution is 2.37. The summed E-state index contributed by atoms with van der Waals surface area (Å²) in [5.74, 6) is 0.722. The first kappa shape index (κ1) is 14.8. The monoisotopic (exact) mass is 261 g/mol. The lowest BCUT2D eigenvalue weighted by Gasteiger charge is -2.40. The number of hydrogen-bond acceptors (Lipinski definition) is 2. The molecular weight excluding hydrogens is 238 g/mol. The van der Waals surface area contributed by atoms with Gasteiger partial charge >= 0.3 is 0 Å². The van der Waals surface area contributed by atoms with Gasteiger partial charge in [0.15, 0.2) is 0 Å². The van der Waals surface area contributed by atoms with Crippen molar-refractivity contribution in [2.75, 3.05) is 19.5 Å². The van der Waals surface area contributed by atoms with E-state index >= 15 is 0 Å². The van der Waals surface area contributed by atoms with Gasteiger partial charge in [-0.2, -0.15) is 0 Å². The van der Waals surface area contributed by atoms with Gasteiger partial charge in [-0.05, 0) is 31.1 Å². The molecule has 3 nitrogen and oxygen atoms in total. The van der Waals surface area contributed by atoms with Gasteiger partial charge in [0.2, 0.25) is 5.91 Å². The number of alkyl halides is 1. The van der Waals surface area contributed by atoms with Crippen LogP contribution in [0.4, 0.5) is 0 Å². The van der Waals surface area contributed by atoms with Crippen molar-refractivity contribution in [3.05, 3.63) is 0 Å². The maximum absolute atomic E-state index is 11.8. The van der Waals surface area contributed by atoms with Crippen molar-refractivity contribution in [1.29, 1.82) is 0 Å². The maximum Gasteiger partial charge on any atom is 0.222 e. The van der Waals surface area contributed by atoms with Crippen LogP contribution in [0.2, 0.25) is 0 Å². The molecule has 1 N–H and O–H groups in total. The summed E-state index contributed by atoms with van der Waals surface area (Å²) in [5.41, 5.74) is -0.113. The Morgan fingerprint density at radius 1 is 1.47 bits per heavy atom. The minimum atomic E-state index is -0.180. The van der Waals surface area contributed by atoms with Gasteiger partial charge in [0, 0.05) is 19.5 Å². The molecule has 100 valence electrons. The van der Waals surface area contributed by atoms with Gasteiger partial charge < -0.3 is 10.1 Å². The van der Waals surface area contributed by atoms with E-state index in [1.54, 1.807) is 7.11 Å². The predicted molar refractivity (Wildman–Crippen MR) is 70.3 cm³/mol. The van der Waals surface area contributed by atoms with Crippen molar-refractivity contribution in [2.24, 2.45) is 5.41 Å². The molecule has 4 heteroatoms. The van der Waals surface area contributed by atoms with E-state index in [2.05, 4.69) is 19.2 Å². The normalized spacial score (nSPS) is 18.6. The number of carbonyl (C=O) groups is 1. The number of halogens is 1. The molecule has 0 unspecified atom stereocenters. The third-order valence-corrected chi connectivity index (χ3v) is 3.90. The highest BCUT2D eigenvalue weighted by atomic mass is 35.5. The molecule has 1 saturated carbocycles. The van der Waals surface area contributed by atoms with Gasteiger partial charge in [-0.15, -0.1) is 11.6 Å². The summed E-state index contributed by atoms with van der Waals surface area (Å²) < 4.78 is 5.44. The molecule has 0 atom stereocenters. The molecule has 0 aromatic rings. The van der Waals surface area contributed by atoms with Gasteiger partial charge in [0.1, 0.15) is 0 Å². The first-order valence-electron chi connectivity index (χ1n) is 6.31. The second-order valence-corrected chi connectivity index (χ2v) is 6.18. The lowest BCUT2D eigenvalue weighted by molar-refractivity contribution is -0.134. The quantitative estimate of drug-likeness (QED) is 0.716. The van der Waals surface area contributed by atoms with Crippen molar-refractivity contribution in [3.8, 4) is 0 Å². The van der Waals surface area contributed by atoms with Crippen LogP contribution < -0.4 is 5.32 Å². The topological polar surface area (TPSA) is 38.3 Å². The van der Waals surface area contributed by atoms with Crippen LogP contribution in [0.25, 0.3) is 0 Å². The Bertz CT molecular complexity index is 257. The summed E-state index contributed by atoms with van der Waals surface area (Å²) in [6, 6.07) is 0. The lowest BCUT2D eigenvalue weighted by Crippen LogP contribution is -2.45. The van der Waals surface area contributed by atoms with Crippen LogP contribution in [0.3, 0.4) is 0 Å². The van der Waals surface area contributed by atoms with E-state index < -0.39 is 0 Å². The molecule has 1 aliphatic carbocycles. The average Bonchev–Trinajstić information content (AvgIpc) is 2.21. The molecular formula is C13H24ClNO2. The van der Waals surface area contributed by atoms with Crippen LogP contribution in [0.1, 0.15) is 46.0 Å². The zero-order valence-electron chi connectivity index (χ0n) is 11.1. The number of hydrogen-bond donors (Lipinski definition) is 1. The molecule has 0 saturated heterocycles. The number of nitrogens with one attached hydrogen (secondary N) is 1. The summed E-state index contributed by atoms with van der Waals surface area (Å²) in [7, 11) is 1.70.